The first-order valence-corrected chi connectivity index (χ1v) is 11.2. The largest absolute Gasteiger partial charge is 0.497 e. The third-order valence-electron chi connectivity index (χ3n) is 5.08. The molecule has 1 N–H and O–H groups in total. The number of ether oxygens (including phenoxy) is 2. The Kier molecular flexibility index (Phi) is 6.82. The molecule has 1 atom stereocenters. The normalized spacial score (nSPS) is 12.5. The molecule has 0 saturated carbocycles. The molecule has 1 amide bonds. The van der Waals surface area contributed by atoms with Crippen LogP contribution in [0.2, 0.25) is 0 Å². The van der Waals surface area contributed by atoms with Crippen molar-refractivity contribution in [1.82, 2.24) is 9.62 Å². The van der Waals surface area contributed by atoms with Crippen LogP contribution in [0.15, 0.2) is 65.6 Å². The smallest absolute Gasteiger partial charge is 0.243 e. The zero-order valence-corrected chi connectivity index (χ0v) is 18.8. The molecule has 0 aliphatic carbocycles. The fraction of sp³-hybridized carbons (Fsp3) is 0.261. The number of rotatable bonds is 8. The van der Waals surface area contributed by atoms with Gasteiger partial charge in [0.15, 0.2) is 0 Å². The maximum absolute atomic E-state index is 13.0. The molecule has 0 aliphatic heterocycles. The van der Waals surface area contributed by atoms with E-state index < -0.39 is 22.0 Å². The number of hydrogen-bond acceptors (Lipinski definition) is 5. The fourth-order valence-corrected chi connectivity index (χ4v) is 4.50. The van der Waals surface area contributed by atoms with Gasteiger partial charge in [0.25, 0.3) is 0 Å². The number of nitrogens with one attached hydrogen (secondary N) is 1. The predicted octanol–water partition coefficient (Wildman–Crippen LogP) is 3.35. The Morgan fingerprint density at radius 3 is 2.39 bits per heavy atom. The molecular weight excluding hydrogens is 416 g/mol. The van der Waals surface area contributed by atoms with Gasteiger partial charge in [-0.3, -0.25) is 4.79 Å². The third-order valence-corrected chi connectivity index (χ3v) is 6.88. The molecule has 3 aromatic rings. The second kappa shape index (κ2) is 9.36. The van der Waals surface area contributed by atoms with Crippen LogP contribution < -0.4 is 14.8 Å². The van der Waals surface area contributed by atoms with Gasteiger partial charge >= 0.3 is 0 Å². The van der Waals surface area contributed by atoms with Crippen LogP contribution in [0.3, 0.4) is 0 Å². The average Bonchev–Trinajstić information content (AvgIpc) is 2.77. The summed E-state index contributed by atoms with van der Waals surface area (Å²) in [4.78, 5) is 12.7. The molecule has 3 rings (SSSR count). The van der Waals surface area contributed by atoms with Gasteiger partial charge in [-0.2, -0.15) is 4.31 Å². The number of methoxy groups -OCH3 is 2. The number of benzene rings is 3. The molecule has 0 spiro atoms. The van der Waals surface area contributed by atoms with Gasteiger partial charge < -0.3 is 14.8 Å². The molecular formula is C23H26N2O5S. The monoisotopic (exact) mass is 442 g/mol. The predicted molar refractivity (Wildman–Crippen MR) is 120 cm³/mol. The maximum Gasteiger partial charge on any atom is 0.243 e. The van der Waals surface area contributed by atoms with Crippen LogP contribution in [0.25, 0.3) is 10.8 Å². The highest BCUT2D eigenvalue weighted by atomic mass is 32.2. The maximum atomic E-state index is 13.0. The zero-order chi connectivity index (χ0) is 22.6. The van der Waals surface area contributed by atoms with E-state index >= 15 is 0 Å². The number of fused-ring (bicyclic) bond motifs is 1. The van der Waals surface area contributed by atoms with Crippen molar-refractivity contribution in [2.75, 3.05) is 27.8 Å². The second-order valence-corrected chi connectivity index (χ2v) is 9.21. The van der Waals surface area contributed by atoms with E-state index in [1.807, 2.05) is 24.3 Å². The molecule has 0 radical (unpaired) electrons. The van der Waals surface area contributed by atoms with Crippen molar-refractivity contribution in [3.8, 4) is 11.5 Å². The van der Waals surface area contributed by atoms with Crippen molar-refractivity contribution in [3.05, 3.63) is 66.2 Å². The molecule has 31 heavy (non-hydrogen) atoms. The van der Waals surface area contributed by atoms with Crippen LogP contribution in [0.4, 0.5) is 0 Å². The summed E-state index contributed by atoms with van der Waals surface area (Å²) in [7, 11) is 0.671. The summed E-state index contributed by atoms with van der Waals surface area (Å²) < 4.78 is 37.6. The average molecular weight is 443 g/mol. The summed E-state index contributed by atoms with van der Waals surface area (Å²) in [5, 5.41) is 4.59. The summed E-state index contributed by atoms with van der Waals surface area (Å²) in [5.41, 5.74) is 0.732. The lowest BCUT2D eigenvalue weighted by molar-refractivity contribution is -0.121. The Labute approximate surface area is 182 Å². The minimum atomic E-state index is -3.82. The summed E-state index contributed by atoms with van der Waals surface area (Å²) >= 11 is 0. The minimum Gasteiger partial charge on any atom is -0.497 e. The number of sulfonamides is 1. The van der Waals surface area contributed by atoms with Gasteiger partial charge in [-0.15, -0.1) is 0 Å². The molecule has 3 aromatic carbocycles. The summed E-state index contributed by atoms with van der Waals surface area (Å²) in [6.45, 7) is 1.48. The number of carbonyl (C=O) groups excluding carboxylic acids is 1. The third kappa shape index (κ3) is 4.98. The first-order chi connectivity index (χ1) is 14.8. The molecule has 8 heteroatoms. The molecule has 0 aliphatic rings. The molecule has 0 unspecified atom stereocenters. The fourth-order valence-electron chi connectivity index (χ4n) is 3.34. The number of nitrogens with zero attached hydrogens (tertiary/aromatic N) is 1. The number of carbonyl (C=O) groups is 1. The Balaban J connectivity index is 1.73. The highest BCUT2D eigenvalue weighted by Crippen LogP contribution is 2.29. The lowest BCUT2D eigenvalue weighted by Gasteiger charge is -2.21. The summed E-state index contributed by atoms with van der Waals surface area (Å²) in [6, 6.07) is 17.3. The molecule has 0 saturated heterocycles. The summed E-state index contributed by atoms with van der Waals surface area (Å²) in [6.07, 6.45) is 0. The van der Waals surface area contributed by atoms with Crippen LogP contribution in [0, 0.1) is 0 Å². The van der Waals surface area contributed by atoms with E-state index in [1.54, 1.807) is 57.5 Å². The topological polar surface area (TPSA) is 84.9 Å². The number of hydrogen-bond donors (Lipinski definition) is 1. The van der Waals surface area contributed by atoms with E-state index in [-0.39, 0.29) is 11.4 Å². The van der Waals surface area contributed by atoms with Crippen molar-refractivity contribution in [2.45, 2.75) is 17.9 Å². The van der Waals surface area contributed by atoms with E-state index in [9.17, 15) is 13.2 Å². The van der Waals surface area contributed by atoms with Crippen LogP contribution in [0.5, 0.6) is 11.5 Å². The standard InChI is InChI=1S/C23H26N2O5S/c1-16(21-14-19(29-3)10-12-22(21)30-4)24-23(26)15-25(2)31(27,28)20-11-9-17-7-5-6-8-18(17)13-20/h5-14,16H,15H2,1-4H3,(H,24,26)/t16-/m0/s1. The lowest BCUT2D eigenvalue weighted by atomic mass is 10.1. The van der Waals surface area contributed by atoms with Crippen molar-refractivity contribution in [2.24, 2.45) is 0 Å². The van der Waals surface area contributed by atoms with Gasteiger partial charge in [0.05, 0.1) is 31.7 Å². The van der Waals surface area contributed by atoms with Crippen LogP contribution in [-0.4, -0.2) is 46.4 Å². The molecule has 0 heterocycles. The van der Waals surface area contributed by atoms with Gasteiger partial charge in [-0.1, -0.05) is 30.3 Å². The molecule has 0 bridgehead atoms. The van der Waals surface area contributed by atoms with E-state index in [4.69, 9.17) is 9.47 Å². The molecule has 164 valence electrons. The number of likely N-dealkylation sites (N-methyl/N-ethyl adjacent to an activating group) is 1. The zero-order valence-electron chi connectivity index (χ0n) is 18.0. The molecule has 0 aromatic heterocycles. The minimum absolute atomic E-state index is 0.143. The van der Waals surface area contributed by atoms with Gasteiger partial charge in [0.1, 0.15) is 11.5 Å². The van der Waals surface area contributed by atoms with E-state index in [0.717, 1.165) is 20.6 Å². The Bertz CT molecular complexity index is 1190. The van der Waals surface area contributed by atoms with Gasteiger partial charge in [-0.25, -0.2) is 8.42 Å². The molecule has 7 nitrogen and oxygen atoms in total. The van der Waals surface area contributed by atoms with Gasteiger partial charge in [0, 0.05) is 12.6 Å². The molecule has 0 fully saturated rings. The quantitative estimate of drug-likeness (QED) is 0.578. The Morgan fingerprint density at radius 1 is 1.00 bits per heavy atom. The van der Waals surface area contributed by atoms with Crippen molar-refractivity contribution >= 4 is 26.7 Å². The van der Waals surface area contributed by atoms with E-state index in [0.29, 0.717) is 11.5 Å². The second-order valence-electron chi connectivity index (χ2n) is 7.17. The van der Waals surface area contributed by atoms with Crippen molar-refractivity contribution < 1.29 is 22.7 Å². The first-order valence-electron chi connectivity index (χ1n) is 9.72. The SMILES string of the molecule is COc1ccc(OC)c([C@H](C)NC(=O)CN(C)S(=O)(=O)c2ccc3ccccc3c2)c1. The number of amides is 1. The van der Waals surface area contributed by atoms with Gasteiger partial charge in [0.2, 0.25) is 15.9 Å². The van der Waals surface area contributed by atoms with Crippen LogP contribution in [0.1, 0.15) is 18.5 Å². The Morgan fingerprint density at radius 2 is 1.71 bits per heavy atom. The van der Waals surface area contributed by atoms with Crippen molar-refractivity contribution in [1.29, 1.82) is 0 Å². The van der Waals surface area contributed by atoms with E-state index in [2.05, 4.69) is 5.32 Å². The first kappa shape index (κ1) is 22.6. The van der Waals surface area contributed by atoms with Gasteiger partial charge in [-0.05, 0) is 48.0 Å². The highest BCUT2D eigenvalue weighted by molar-refractivity contribution is 7.89. The van der Waals surface area contributed by atoms with Crippen LogP contribution >= 0.6 is 0 Å². The summed E-state index contributed by atoms with van der Waals surface area (Å²) in [5.74, 6) is 0.808. The van der Waals surface area contributed by atoms with E-state index in [1.165, 1.54) is 7.05 Å². The highest BCUT2D eigenvalue weighted by Gasteiger charge is 2.24. The van der Waals surface area contributed by atoms with Crippen molar-refractivity contribution in [3.63, 3.8) is 0 Å². The lowest BCUT2D eigenvalue weighted by Crippen LogP contribution is -2.39. The van der Waals surface area contributed by atoms with Crippen LogP contribution in [-0.2, 0) is 14.8 Å². The Hall–Kier alpha value is -3.10.